The van der Waals surface area contributed by atoms with Crippen LogP contribution in [0.2, 0.25) is 0 Å². The molecular formula is C25H21I2N5O4S. The van der Waals surface area contributed by atoms with Gasteiger partial charge in [-0.3, -0.25) is 9.36 Å². The summed E-state index contributed by atoms with van der Waals surface area (Å²) >= 11 is 5.44. The van der Waals surface area contributed by atoms with Gasteiger partial charge in [0.2, 0.25) is 0 Å². The van der Waals surface area contributed by atoms with Crippen molar-refractivity contribution in [3.05, 3.63) is 73.4 Å². The van der Waals surface area contributed by atoms with E-state index in [-0.39, 0.29) is 17.4 Å². The van der Waals surface area contributed by atoms with Crippen LogP contribution in [-0.4, -0.2) is 52.0 Å². The molecular weight excluding hydrogens is 720 g/mol. The Kier molecular flexibility index (Phi) is 9.26. The molecule has 12 heteroatoms. The molecule has 0 aliphatic rings. The number of aromatic nitrogens is 3. The average Bonchev–Trinajstić information content (AvgIpc) is 3.34. The standard InChI is InChI=1S/C25H21I2N5O4S/c1-35-20-9-8-15(11-21(20)36-2)24-30-31-25(32(24)18-6-4-3-5-7-18)37-14-22(33)29-28-13-16-10-17(26)12-19(27)23(16)34/h3-13,34H,14H2,1-2H3,(H,29,33). The molecule has 1 heterocycles. The molecule has 4 rings (SSSR count). The number of amides is 1. The number of phenolic OH excluding ortho intramolecular Hbond substituents is 1. The first-order valence-electron chi connectivity index (χ1n) is 10.8. The molecule has 0 atom stereocenters. The van der Waals surface area contributed by atoms with Crippen LogP contribution in [0.3, 0.4) is 0 Å². The van der Waals surface area contributed by atoms with E-state index in [9.17, 15) is 9.90 Å². The van der Waals surface area contributed by atoms with Crippen LogP contribution in [-0.2, 0) is 4.79 Å². The third-order valence-electron chi connectivity index (χ3n) is 5.07. The van der Waals surface area contributed by atoms with E-state index in [0.29, 0.717) is 31.6 Å². The summed E-state index contributed by atoms with van der Waals surface area (Å²) in [6, 6.07) is 18.8. The zero-order valence-electron chi connectivity index (χ0n) is 19.7. The predicted molar refractivity (Wildman–Crippen MR) is 160 cm³/mol. The van der Waals surface area contributed by atoms with E-state index in [2.05, 4.69) is 43.3 Å². The number of ether oxygens (including phenoxy) is 2. The maximum Gasteiger partial charge on any atom is 0.250 e. The van der Waals surface area contributed by atoms with Crippen LogP contribution in [0.25, 0.3) is 17.1 Å². The van der Waals surface area contributed by atoms with Gasteiger partial charge in [-0.15, -0.1) is 10.2 Å². The van der Waals surface area contributed by atoms with E-state index >= 15 is 0 Å². The van der Waals surface area contributed by atoms with Crippen molar-refractivity contribution in [3.63, 3.8) is 0 Å². The van der Waals surface area contributed by atoms with Crippen LogP contribution in [0.5, 0.6) is 17.2 Å². The van der Waals surface area contributed by atoms with Gasteiger partial charge < -0.3 is 14.6 Å². The Morgan fingerprint density at radius 3 is 2.57 bits per heavy atom. The highest BCUT2D eigenvalue weighted by atomic mass is 127. The molecule has 0 fully saturated rings. The Morgan fingerprint density at radius 1 is 1.08 bits per heavy atom. The van der Waals surface area contributed by atoms with Gasteiger partial charge in [0.1, 0.15) is 5.75 Å². The summed E-state index contributed by atoms with van der Waals surface area (Å²) in [4.78, 5) is 12.5. The molecule has 3 aromatic carbocycles. The smallest absolute Gasteiger partial charge is 0.250 e. The molecule has 0 aliphatic heterocycles. The summed E-state index contributed by atoms with van der Waals surface area (Å²) in [5, 5.41) is 23.5. The quantitative estimate of drug-likeness (QED) is 0.106. The number of nitrogens with one attached hydrogen (secondary N) is 1. The fourth-order valence-corrected chi connectivity index (χ4v) is 5.99. The molecule has 9 nitrogen and oxygen atoms in total. The zero-order chi connectivity index (χ0) is 26.4. The number of hydrogen-bond acceptors (Lipinski definition) is 8. The van der Waals surface area contributed by atoms with Crippen molar-refractivity contribution < 1.29 is 19.4 Å². The van der Waals surface area contributed by atoms with Crippen LogP contribution in [0.4, 0.5) is 0 Å². The SMILES string of the molecule is COc1ccc(-c2nnc(SCC(=O)NN=Cc3cc(I)cc(I)c3O)n2-c2ccccc2)cc1OC. The molecule has 0 saturated heterocycles. The van der Waals surface area contributed by atoms with Gasteiger partial charge in [-0.25, -0.2) is 5.43 Å². The monoisotopic (exact) mass is 741 g/mol. The zero-order valence-corrected chi connectivity index (χ0v) is 24.8. The van der Waals surface area contributed by atoms with Crippen LogP contribution in [0, 0.1) is 7.14 Å². The predicted octanol–water partition coefficient (Wildman–Crippen LogP) is 5.11. The van der Waals surface area contributed by atoms with Crippen molar-refractivity contribution in [2.45, 2.75) is 5.16 Å². The Labute approximate surface area is 244 Å². The Bertz CT molecular complexity index is 1450. The Morgan fingerprint density at radius 2 is 1.84 bits per heavy atom. The molecule has 190 valence electrons. The molecule has 0 bridgehead atoms. The minimum absolute atomic E-state index is 0.0596. The van der Waals surface area contributed by atoms with Crippen molar-refractivity contribution in [3.8, 4) is 34.3 Å². The molecule has 1 amide bonds. The molecule has 1 aromatic heterocycles. The second-order valence-corrected chi connectivity index (χ2v) is 10.8. The van der Waals surface area contributed by atoms with Crippen molar-refractivity contribution in [2.75, 3.05) is 20.0 Å². The second-order valence-electron chi connectivity index (χ2n) is 7.45. The lowest BCUT2D eigenvalue weighted by Crippen LogP contribution is -2.20. The van der Waals surface area contributed by atoms with Crippen LogP contribution >= 0.6 is 56.9 Å². The highest BCUT2D eigenvalue weighted by molar-refractivity contribution is 14.1. The lowest BCUT2D eigenvalue weighted by Gasteiger charge is -2.12. The van der Waals surface area contributed by atoms with E-state index in [1.807, 2.05) is 81.8 Å². The van der Waals surface area contributed by atoms with Gasteiger partial charge in [-0.05, 0) is 87.6 Å². The lowest BCUT2D eigenvalue weighted by molar-refractivity contribution is -0.118. The number of hydrogen-bond donors (Lipinski definition) is 2. The molecule has 4 aromatic rings. The maximum absolute atomic E-state index is 12.5. The van der Waals surface area contributed by atoms with Crippen molar-refractivity contribution >= 4 is 69.1 Å². The first-order valence-corrected chi connectivity index (χ1v) is 13.9. The third-order valence-corrected chi connectivity index (χ3v) is 7.45. The number of aromatic hydroxyl groups is 1. The first kappa shape index (κ1) is 27.2. The molecule has 0 unspecified atom stereocenters. The van der Waals surface area contributed by atoms with Gasteiger partial charge >= 0.3 is 0 Å². The van der Waals surface area contributed by atoms with Crippen LogP contribution in [0.15, 0.2) is 70.9 Å². The van der Waals surface area contributed by atoms with Crippen molar-refractivity contribution in [2.24, 2.45) is 5.10 Å². The fourth-order valence-electron chi connectivity index (χ4n) is 3.36. The minimum Gasteiger partial charge on any atom is -0.506 e. The maximum atomic E-state index is 12.5. The molecule has 0 radical (unpaired) electrons. The molecule has 0 saturated carbocycles. The summed E-state index contributed by atoms with van der Waals surface area (Å²) in [7, 11) is 3.16. The number of para-hydroxylation sites is 1. The third kappa shape index (κ3) is 6.54. The van der Waals surface area contributed by atoms with E-state index in [1.54, 1.807) is 20.3 Å². The summed E-state index contributed by atoms with van der Waals surface area (Å²) in [5.74, 6) is 1.63. The molecule has 0 spiro atoms. The molecule has 2 N–H and O–H groups in total. The number of nitrogens with zero attached hydrogens (tertiary/aromatic N) is 4. The Hall–Kier alpha value is -2.85. The van der Waals surface area contributed by atoms with Gasteiger partial charge in [0.25, 0.3) is 5.91 Å². The van der Waals surface area contributed by atoms with Gasteiger partial charge in [0, 0.05) is 20.4 Å². The number of hydrazone groups is 1. The van der Waals surface area contributed by atoms with Gasteiger partial charge in [0.05, 0.1) is 29.8 Å². The largest absolute Gasteiger partial charge is 0.506 e. The van der Waals surface area contributed by atoms with Crippen LogP contribution in [0.1, 0.15) is 5.56 Å². The number of rotatable bonds is 9. The number of benzene rings is 3. The van der Waals surface area contributed by atoms with Gasteiger partial charge in [-0.1, -0.05) is 30.0 Å². The Balaban J connectivity index is 1.54. The highest BCUT2D eigenvalue weighted by Gasteiger charge is 2.19. The number of halogens is 2. The summed E-state index contributed by atoms with van der Waals surface area (Å²) in [5.41, 5.74) is 4.65. The lowest BCUT2D eigenvalue weighted by atomic mass is 10.2. The first-order chi connectivity index (χ1) is 17.9. The average molecular weight is 741 g/mol. The summed E-state index contributed by atoms with van der Waals surface area (Å²) in [6.45, 7) is 0. The van der Waals surface area contributed by atoms with Crippen molar-refractivity contribution in [1.29, 1.82) is 0 Å². The molecule has 0 aliphatic carbocycles. The normalized spacial score (nSPS) is 11.0. The molecule has 37 heavy (non-hydrogen) atoms. The second kappa shape index (κ2) is 12.6. The van der Waals surface area contributed by atoms with E-state index in [4.69, 9.17) is 9.47 Å². The number of carbonyl (C=O) groups excluding carboxylic acids is 1. The van der Waals surface area contributed by atoms with Crippen LogP contribution < -0.4 is 14.9 Å². The van der Waals surface area contributed by atoms with E-state index < -0.39 is 0 Å². The van der Waals surface area contributed by atoms with E-state index in [1.165, 1.54) is 18.0 Å². The summed E-state index contributed by atoms with van der Waals surface area (Å²) < 4.78 is 14.3. The number of methoxy groups -OCH3 is 2. The number of phenols is 1. The van der Waals surface area contributed by atoms with Gasteiger partial charge in [0.15, 0.2) is 22.5 Å². The van der Waals surface area contributed by atoms with E-state index in [0.717, 1.165) is 14.8 Å². The minimum atomic E-state index is -0.323. The number of carbonyl (C=O) groups is 1. The fraction of sp³-hybridized carbons (Fsp3) is 0.120. The van der Waals surface area contributed by atoms with Gasteiger partial charge in [-0.2, -0.15) is 5.10 Å². The highest BCUT2D eigenvalue weighted by Crippen LogP contribution is 2.34. The topological polar surface area (TPSA) is 111 Å². The van der Waals surface area contributed by atoms with Crippen molar-refractivity contribution in [1.82, 2.24) is 20.2 Å². The summed E-state index contributed by atoms with van der Waals surface area (Å²) in [6.07, 6.45) is 1.42. The number of thioether (sulfide) groups is 1.